The molecule has 2 aliphatic rings. The molecule has 7 nitrogen and oxygen atoms in total. The number of aromatic nitrogens is 3. The summed E-state index contributed by atoms with van der Waals surface area (Å²) in [4.78, 5) is 10.9. The van der Waals surface area contributed by atoms with Crippen LogP contribution < -0.4 is 4.90 Å². The van der Waals surface area contributed by atoms with Gasteiger partial charge in [0.25, 0.3) is 11.8 Å². The maximum absolute atomic E-state index is 15.0. The van der Waals surface area contributed by atoms with Crippen LogP contribution in [-0.4, -0.2) is 47.2 Å². The molecule has 32 heavy (non-hydrogen) atoms. The number of anilines is 1. The summed E-state index contributed by atoms with van der Waals surface area (Å²) in [7, 11) is 0. The van der Waals surface area contributed by atoms with E-state index in [2.05, 4.69) is 15.1 Å². The van der Waals surface area contributed by atoms with E-state index in [0.29, 0.717) is 61.9 Å². The Morgan fingerprint density at radius 2 is 1.75 bits per heavy atom. The minimum Gasteiger partial charge on any atom is -0.356 e. The zero-order valence-corrected chi connectivity index (χ0v) is 18.0. The minimum atomic E-state index is -3.19. The van der Waals surface area contributed by atoms with Crippen LogP contribution in [-0.2, 0) is 15.4 Å². The van der Waals surface area contributed by atoms with Gasteiger partial charge in [-0.1, -0.05) is 5.16 Å². The molecule has 3 aromatic rings. The Bertz CT molecular complexity index is 1180. The van der Waals surface area contributed by atoms with Gasteiger partial charge in [-0.15, -0.1) is 0 Å². The van der Waals surface area contributed by atoms with Crippen molar-refractivity contribution in [3.63, 3.8) is 0 Å². The van der Waals surface area contributed by atoms with Crippen molar-refractivity contribution in [1.82, 2.24) is 15.1 Å². The van der Waals surface area contributed by atoms with Gasteiger partial charge >= 0.3 is 0 Å². The molecule has 0 bridgehead atoms. The number of nitrogens with zero attached hydrogens (tertiary/aromatic N) is 4. The first-order valence-corrected chi connectivity index (χ1v) is 10.5. The largest absolute Gasteiger partial charge is 0.356 e. The fraction of sp³-hybridized carbons (Fsp3) is 0.500. The molecule has 1 spiro atoms. The molecule has 0 radical (unpaired) electrons. The number of rotatable bonds is 3. The first-order chi connectivity index (χ1) is 15.2. The summed E-state index contributed by atoms with van der Waals surface area (Å²) in [6, 6.07) is 2.13. The van der Waals surface area contributed by atoms with Gasteiger partial charge in [-0.05, 0) is 31.5 Å². The summed E-state index contributed by atoms with van der Waals surface area (Å²) in [5.41, 5.74) is 0.674. The average Bonchev–Trinajstić information content (AvgIpc) is 3.37. The number of benzene rings is 1. The normalized spacial score (nSPS) is 18.8. The molecule has 0 atom stereocenters. The van der Waals surface area contributed by atoms with Gasteiger partial charge in [0, 0.05) is 43.8 Å². The fourth-order valence-corrected chi connectivity index (χ4v) is 4.44. The summed E-state index contributed by atoms with van der Waals surface area (Å²) >= 11 is 0. The summed E-state index contributed by atoms with van der Waals surface area (Å²) in [6.45, 7) is 6.41. The number of hydrogen-bond donors (Lipinski definition) is 0. The molecule has 2 fully saturated rings. The summed E-state index contributed by atoms with van der Waals surface area (Å²) < 4.78 is 59.9. The van der Waals surface area contributed by atoms with Gasteiger partial charge in [0.2, 0.25) is 0 Å². The van der Waals surface area contributed by atoms with Crippen molar-refractivity contribution in [3.8, 4) is 11.5 Å². The third-order valence-corrected chi connectivity index (χ3v) is 6.17. The van der Waals surface area contributed by atoms with E-state index in [-0.39, 0.29) is 16.8 Å². The van der Waals surface area contributed by atoms with E-state index in [1.807, 2.05) is 4.90 Å². The Hall–Kier alpha value is -2.72. The molecule has 4 heterocycles. The Labute approximate surface area is 182 Å². The second-order valence-electron chi connectivity index (χ2n) is 8.42. The van der Waals surface area contributed by atoms with E-state index in [9.17, 15) is 13.2 Å². The number of pyridine rings is 1. The lowest BCUT2D eigenvalue weighted by molar-refractivity contribution is -0.169. The Morgan fingerprint density at radius 3 is 2.34 bits per heavy atom. The van der Waals surface area contributed by atoms with Crippen LogP contribution in [0.3, 0.4) is 0 Å². The predicted octanol–water partition coefficient (Wildman–Crippen LogP) is 4.50. The second kappa shape index (κ2) is 7.41. The molecule has 2 saturated heterocycles. The molecule has 10 heteroatoms. The molecule has 0 aliphatic carbocycles. The Balaban J connectivity index is 1.67. The number of hydrogen-bond acceptors (Lipinski definition) is 7. The van der Waals surface area contributed by atoms with Crippen LogP contribution in [0.1, 0.15) is 36.7 Å². The molecule has 0 N–H and O–H groups in total. The van der Waals surface area contributed by atoms with Crippen molar-refractivity contribution in [2.75, 3.05) is 31.2 Å². The molecule has 0 unspecified atom stereocenters. The van der Waals surface area contributed by atoms with E-state index in [4.69, 9.17) is 14.0 Å². The molecule has 2 aromatic heterocycles. The van der Waals surface area contributed by atoms with Crippen LogP contribution in [0, 0.1) is 19.7 Å². The summed E-state index contributed by atoms with van der Waals surface area (Å²) in [6.07, 6.45) is 1.25. The number of alkyl halides is 2. The lowest BCUT2D eigenvalue weighted by Crippen LogP contribution is -2.45. The lowest BCUT2D eigenvalue weighted by atomic mass is 9.97. The van der Waals surface area contributed by atoms with E-state index in [0.717, 1.165) is 13.0 Å². The average molecular weight is 448 g/mol. The number of fused-ring (bicyclic) bond motifs is 1. The van der Waals surface area contributed by atoms with Gasteiger partial charge in [-0.3, -0.25) is 0 Å². The predicted molar refractivity (Wildman–Crippen MR) is 110 cm³/mol. The van der Waals surface area contributed by atoms with Gasteiger partial charge in [-0.2, -0.15) is 4.98 Å². The zero-order chi connectivity index (χ0) is 22.7. The smallest absolute Gasteiger partial charge is 0.270 e. The van der Waals surface area contributed by atoms with Crippen molar-refractivity contribution in [1.29, 1.82) is 0 Å². The van der Waals surface area contributed by atoms with Gasteiger partial charge in [0.15, 0.2) is 11.6 Å². The van der Waals surface area contributed by atoms with E-state index >= 15 is 0 Å². The monoisotopic (exact) mass is 448 g/mol. The lowest BCUT2D eigenvalue weighted by Gasteiger charge is -2.38. The van der Waals surface area contributed by atoms with Crippen molar-refractivity contribution >= 4 is 16.7 Å². The van der Waals surface area contributed by atoms with Crippen molar-refractivity contribution in [2.24, 2.45) is 0 Å². The summed E-state index contributed by atoms with van der Waals surface area (Å²) in [5, 5.41) is 4.15. The SMILES string of the molecule is Cc1noc(-c2c(N3CCC4(CC3)OCCO4)nc3c(F)cc(C(C)(F)F)cc3c2C)n1. The maximum atomic E-state index is 15.0. The standard InChI is InChI=1S/C22H23F3N4O3/c1-12-15-10-14(21(3,24)25)11-16(23)18(15)27-19(17(12)20-26-13(2)28-32-20)29-6-4-22(5-7-29)30-8-9-31-22/h10-11H,4-9H2,1-3H3. The van der Waals surface area contributed by atoms with Crippen LogP contribution in [0.15, 0.2) is 16.7 Å². The number of halogens is 3. The topological polar surface area (TPSA) is 73.5 Å². The van der Waals surface area contributed by atoms with E-state index < -0.39 is 23.1 Å². The molecular weight excluding hydrogens is 425 g/mol. The first-order valence-electron chi connectivity index (χ1n) is 10.5. The number of aryl methyl sites for hydroxylation is 2. The van der Waals surface area contributed by atoms with E-state index in [1.165, 1.54) is 6.07 Å². The molecule has 170 valence electrons. The quantitative estimate of drug-likeness (QED) is 0.584. The fourth-order valence-electron chi connectivity index (χ4n) is 4.44. The number of piperidine rings is 1. The van der Waals surface area contributed by atoms with Crippen LogP contribution in [0.2, 0.25) is 0 Å². The van der Waals surface area contributed by atoms with Crippen molar-refractivity contribution in [2.45, 2.75) is 45.3 Å². The molecule has 1 aromatic carbocycles. The van der Waals surface area contributed by atoms with Crippen LogP contribution in [0.5, 0.6) is 0 Å². The van der Waals surface area contributed by atoms with Crippen molar-refractivity contribution in [3.05, 3.63) is 34.9 Å². The van der Waals surface area contributed by atoms with Gasteiger partial charge in [0.05, 0.1) is 18.8 Å². The van der Waals surface area contributed by atoms with Gasteiger partial charge in [0.1, 0.15) is 17.2 Å². The third-order valence-electron chi connectivity index (χ3n) is 6.17. The summed E-state index contributed by atoms with van der Waals surface area (Å²) in [5.74, 6) is -3.46. The maximum Gasteiger partial charge on any atom is 0.270 e. The van der Waals surface area contributed by atoms with E-state index in [1.54, 1.807) is 13.8 Å². The number of ether oxygens (including phenoxy) is 2. The highest BCUT2D eigenvalue weighted by Crippen LogP contribution is 2.41. The molecule has 5 rings (SSSR count). The zero-order valence-electron chi connectivity index (χ0n) is 18.0. The van der Waals surface area contributed by atoms with Crippen LogP contribution >= 0.6 is 0 Å². The first kappa shape index (κ1) is 21.1. The Morgan fingerprint density at radius 1 is 1.06 bits per heavy atom. The van der Waals surface area contributed by atoms with Gasteiger partial charge < -0.3 is 18.9 Å². The molecule has 0 amide bonds. The van der Waals surface area contributed by atoms with Crippen LogP contribution in [0.25, 0.3) is 22.4 Å². The van der Waals surface area contributed by atoms with Gasteiger partial charge in [-0.25, -0.2) is 18.2 Å². The highest BCUT2D eigenvalue weighted by molar-refractivity contribution is 5.93. The minimum absolute atomic E-state index is 0.0270. The molecule has 2 aliphatic heterocycles. The molecular formula is C22H23F3N4O3. The highest BCUT2D eigenvalue weighted by Gasteiger charge is 2.41. The highest BCUT2D eigenvalue weighted by atomic mass is 19.3. The Kier molecular flexibility index (Phi) is 4.90. The van der Waals surface area contributed by atoms with Crippen LogP contribution in [0.4, 0.5) is 19.0 Å². The second-order valence-corrected chi connectivity index (χ2v) is 8.42. The molecule has 0 saturated carbocycles. The van der Waals surface area contributed by atoms with Crippen molar-refractivity contribution < 1.29 is 27.2 Å². The third kappa shape index (κ3) is 3.51.